The molecule has 0 aliphatic heterocycles. The molecular weight excluding hydrogens is 186 g/mol. The fourth-order valence-electron chi connectivity index (χ4n) is 0.879. The van der Waals surface area contributed by atoms with Crippen molar-refractivity contribution in [3.8, 4) is 0 Å². The number of carbonyl (C=O) groups excluding carboxylic acids is 2. The zero-order valence-corrected chi connectivity index (χ0v) is 8.03. The number of aryl methyl sites for hydroxylation is 1. The molecule has 6 heteroatoms. The lowest BCUT2D eigenvalue weighted by atomic mass is 10.3. The molecule has 1 N–H and O–H groups in total. The number of aromatic nitrogens is 2. The van der Waals surface area contributed by atoms with Crippen LogP contribution in [0.25, 0.3) is 0 Å². The first-order valence-corrected chi connectivity index (χ1v) is 4.13. The third kappa shape index (κ3) is 3.34. The lowest BCUT2D eigenvalue weighted by Crippen LogP contribution is -2.24. The molecule has 0 atom stereocenters. The van der Waals surface area contributed by atoms with Crippen molar-refractivity contribution in [2.45, 2.75) is 26.8 Å². The molecule has 1 rings (SSSR count). The van der Waals surface area contributed by atoms with Gasteiger partial charge in [0.1, 0.15) is 5.78 Å². The summed E-state index contributed by atoms with van der Waals surface area (Å²) in [7, 11) is 0. The minimum Gasteiger partial charge on any atom is -0.348 e. The normalized spacial score (nSPS) is 9.86. The lowest BCUT2D eigenvalue weighted by molar-refractivity contribution is -0.127. The van der Waals surface area contributed by atoms with Gasteiger partial charge in [0, 0.05) is 6.92 Å². The number of rotatable bonds is 4. The van der Waals surface area contributed by atoms with Crippen molar-refractivity contribution in [2.75, 3.05) is 0 Å². The van der Waals surface area contributed by atoms with Crippen molar-refractivity contribution in [2.24, 2.45) is 0 Å². The molecule has 0 spiro atoms. The minimum atomic E-state index is -0.333. The Morgan fingerprint density at radius 1 is 1.50 bits per heavy atom. The Morgan fingerprint density at radius 3 is 2.71 bits per heavy atom. The molecule has 1 aromatic rings. The smallest absolute Gasteiger partial charge is 0.227 e. The van der Waals surface area contributed by atoms with E-state index < -0.39 is 0 Å². The molecular formula is C8H11N3O3. The number of Topliss-reactive ketones (excluding diaryl/α,β-unsaturated/α-hetero) is 1. The Labute approximate surface area is 80.7 Å². The number of hydrogen-bond donors (Lipinski definition) is 1. The van der Waals surface area contributed by atoms with E-state index in [4.69, 9.17) is 4.52 Å². The van der Waals surface area contributed by atoms with Gasteiger partial charge in [0.15, 0.2) is 5.82 Å². The topological polar surface area (TPSA) is 85.1 Å². The van der Waals surface area contributed by atoms with Gasteiger partial charge in [-0.1, -0.05) is 5.16 Å². The van der Waals surface area contributed by atoms with E-state index in [1.54, 1.807) is 6.92 Å². The molecule has 14 heavy (non-hydrogen) atoms. The van der Waals surface area contributed by atoms with Crippen molar-refractivity contribution >= 4 is 11.7 Å². The predicted molar refractivity (Wildman–Crippen MR) is 46.2 cm³/mol. The predicted octanol–water partition coefficient (Wildman–Crippen LogP) is -0.0267. The standard InChI is InChI=1S/C8H11N3O3/c1-5(12)3-8(13)9-4-7-10-6(2)14-11-7/h3-4H2,1-2H3,(H,9,13). The Balaban J connectivity index is 2.34. The quantitative estimate of drug-likeness (QED) is 0.685. The Bertz CT molecular complexity index is 345. The second kappa shape index (κ2) is 4.50. The molecule has 0 fully saturated rings. The van der Waals surface area contributed by atoms with E-state index in [1.165, 1.54) is 6.92 Å². The van der Waals surface area contributed by atoms with Crippen LogP contribution in [0.2, 0.25) is 0 Å². The summed E-state index contributed by atoms with van der Waals surface area (Å²) in [6.07, 6.45) is -0.114. The van der Waals surface area contributed by atoms with E-state index in [0.717, 1.165) is 0 Å². The highest BCUT2D eigenvalue weighted by Gasteiger charge is 2.06. The number of hydrogen-bond acceptors (Lipinski definition) is 5. The first-order chi connectivity index (χ1) is 6.58. The Kier molecular flexibility index (Phi) is 3.33. The van der Waals surface area contributed by atoms with Gasteiger partial charge in [-0.15, -0.1) is 0 Å². The zero-order chi connectivity index (χ0) is 10.6. The van der Waals surface area contributed by atoms with Gasteiger partial charge in [0.25, 0.3) is 0 Å². The van der Waals surface area contributed by atoms with Gasteiger partial charge < -0.3 is 9.84 Å². The van der Waals surface area contributed by atoms with Crippen molar-refractivity contribution in [3.63, 3.8) is 0 Å². The van der Waals surface area contributed by atoms with Gasteiger partial charge >= 0.3 is 0 Å². The summed E-state index contributed by atoms with van der Waals surface area (Å²) in [5.74, 6) is 0.340. The van der Waals surface area contributed by atoms with Crippen molar-refractivity contribution in [3.05, 3.63) is 11.7 Å². The average Bonchev–Trinajstić information content (AvgIpc) is 2.47. The van der Waals surface area contributed by atoms with Gasteiger partial charge in [-0.2, -0.15) is 4.98 Å². The maximum Gasteiger partial charge on any atom is 0.227 e. The van der Waals surface area contributed by atoms with Crippen LogP contribution in [0.1, 0.15) is 25.1 Å². The van der Waals surface area contributed by atoms with Crippen LogP contribution in [0.3, 0.4) is 0 Å². The van der Waals surface area contributed by atoms with E-state index >= 15 is 0 Å². The van der Waals surface area contributed by atoms with Gasteiger partial charge in [-0.05, 0) is 6.92 Å². The third-order valence-corrected chi connectivity index (χ3v) is 1.42. The van der Waals surface area contributed by atoms with Crippen LogP contribution in [0, 0.1) is 6.92 Å². The summed E-state index contributed by atoms with van der Waals surface area (Å²) in [6, 6.07) is 0. The molecule has 0 saturated carbocycles. The van der Waals surface area contributed by atoms with Gasteiger partial charge in [0.05, 0.1) is 13.0 Å². The SMILES string of the molecule is CC(=O)CC(=O)NCc1noc(C)n1. The highest BCUT2D eigenvalue weighted by Crippen LogP contribution is 1.94. The second-order valence-electron chi connectivity index (χ2n) is 2.89. The highest BCUT2D eigenvalue weighted by molar-refractivity contribution is 5.96. The highest BCUT2D eigenvalue weighted by atomic mass is 16.5. The molecule has 0 unspecified atom stereocenters. The summed E-state index contributed by atoms with van der Waals surface area (Å²) in [5.41, 5.74) is 0. The second-order valence-corrected chi connectivity index (χ2v) is 2.89. The molecule has 0 aliphatic rings. The molecule has 0 aliphatic carbocycles. The van der Waals surface area contributed by atoms with Crippen LogP contribution in [-0.2, 0) is 16.1 Å². The van der Waals surface area contributed by atoms with Crippen molar-refractivity contribution < 1.29 is 14.1 Å². The maximum atomic E-state index is 11.0. The monoisotopic (exact) mass is 197 g/mol. The first-order valence-electron chi connectivity index (χ1n) is 4.13. The van der Waals surface area contributed by atoms with E-state index in [1.807, 2.05) is 0 Å². The fourth-order valence-corrected chi connectivity index (χ4v) is 0.879. The average molecular weight is 197 g/mol. The summed E-state index contributed by atoms with van der Waals surface area (Å²) in [5, 5.41) is 6.08. The Morgan fingerprint density at radius 2 is 2.21 bits per heavy atom. The summed E-state index contributed by atoms with van der Waals surface area (Å²) in [4.78, 5) is 25.5. The van der Waals surface area contributed by atoms with Crippen molar-refractivity contribution in [1.82, 2.24) is 15.5 Å². The molecule has 0 saturated heterocycles. The third-order valence-electron chi connectivity index (χ3n) is 1.42. The number of carbonyl (C=O) groups is 2. The molecule has 1 aromatic heterocycles. The number of nitrogens with one attached hydrogen (secondary N) is 1. The largest absolute Gasteiger partial charge is 0.348 e. The fraction of sp³-hybridized carbons (Fsp3) is 0.500. The molecule has 0 radical (unpaired) electrons. The van der Waals surface area contributed by atoms with Crippen LogP contribution in [0.5, 0.6) is 0 Å². The maximum absolute atomic E-state index is 11.0. The van der Waals surface area contributed by atoms with E-state index in [2.05, 4.69) is 15.5 Å². The van der Waals surface area contributed by atoms with Crippen LogP contribution in [0.15, 0.2) is 4.52 Å². The van der Waals surface area contributed by atoms with Crippen molar-refractivity contribution in [1.29, 1.82) is 0 Å². The Hall–Kier alpha value is -1.72. The van der Waals surface area contributed by atoms with Crippen LogP contribution < -0.4 is 5.32 Å². The van der Waals surface area contributed by atoms with Crippen LogP contribution in [0.4, 0.5) is 0 Å². The molecule has 1 amide bonds. The van der Waals surface area contributed by atoms with E-state index in [9.17, 15) is 9.59 Å². The van der Waals surface area contributed by atoms with Crippen LogP contribution in [-0.4, -0.2) is 21.8 Å². The van der Waals surface area contributed by atoms with Gasteiger partial charge in [-0.25, -0.2) is 0 Å². The van der Waals surface area contributed by atoms with Gasteiger partial charge in [0.2, 0.25) is 11.8 Å². The summed E-state index contributed by atoms with van der Waals surface area (Å²) < 4.78 is 4.70. The molecule has 76 valence electrons. The molecule has 1 heterocycles. The number of nitrogens with zero attached hydrogens (tertiary/aromatic N) is 2. The number of amides is 1. The van der Waals surface area contributed by atoms with Gasteiger partial charge in [-0.3, -0.25) is 9.59 Å². The molecule has 6 nitrogen and oxygen atoms in total. The number of ketones is 1. The van der Waals surface area contributed by atoms with Crippen LogP contribution >= 0.6 is 0 Å². The zero-order valence-electron chi connectivity index (χ0n) is 8.03. The van der Waals surface area contributed by atoms with E-state index in [-0.39, 0.29) is 24.7 Å². The molecule has 0 aromatic carbocycles. The summed E-state index contributed by atoms with van der Waals surface area (Å²) in [6.45, 7) is 3.20. The summed E-state index contributed by atoms with van der Waals surface area (Å²) >= 11 is 0. The minimum absolute atomic E-state index is 0.114. The lowest BCUT2D eigenvalue weighted by Gasteiger charge is -1.98. The molecule has 0 bridgehead atoms. The van der Waals surface area contributed by atoms with E-state index in [0.29, 0.717) is 11.7 Å². The first kappa shape index (κ1) is 10.4.